The molecule has 0 aliphatic heterocycles. The Morgan fingerprint density at radius 1 is 1.56 bits per heavy atom. The van der Waals surface area contributed by atoms with Crippen molar-refractivity contribution in [3.63, 3.8) is 0 Å². The fourth-order valence-corrected chi connectivity index (χ4v) is 0.900. The van der Waals surface area contributed by atoms with Crippen LogP contribution in [0.25, 0.3) is 0 Å². The van der Waals surface area contributed by atoms with Crippen LogP contribution >= 0.6 is 12.6 Å². The minimum Gasteiger partial charge on any atom is -0.264 e. The molecule has 0 aliphatic rings. The molecular weight excluding hydrogens is 130 g/mol. The first-order valence-electron chi connectivity index (χ1n) is 2.90. The molecule has 0 saturated carbocycles. The second-order valence-electron chi connectivity index (χ2n) is 1.82. The minimum absolute atomic E-state index is 0.783. The van der Waals surface area contributed by atoms with Crippen LogP contribution in [0, 0.1) is 0 Å². The normalized spacial score (nSPS) is 9.44. The average Bonchev–Trinajstić information content (AvgIpc) is 1.91. The number of aromatic nitrogens is 1. The van der Waals surface area contributed by atoms with E-state index >= 15 is 0 Å². The maximum atomic E-state index is 4.81. The number of hydrogen-bond acceptors (Lipinski definition) is 1. The van der Waals surface area contributed by atoms with E-state index in [1.807, 2.05) is 18.3 Å². The highest BCUT2D eigenvalue weighted by Crippen LogP contribution is 1.96. The van der Waals surface area contributed by atoms with Crippen molar-refractivity contribution < 1.29 is 0 Å². The maximum Gasteiger partial charge on any atom is 0.0300 e. The first-order valence-corrected chi connectivity index (χ1v) is 3.48. The van der Waals surface area contributed by atoms with Gasteiger partial charge >= 0.3 is 0 Å². The Kier molecular flexibility index (Phi) is 2.58. The van der Waals surface area contributed by atoms with Gasteiger partial charge in [0.15, 0.2) is 0 Å². The van der Waals surface area contributed by atoms with Crippen molar-refractivity contribution in [1.82, 2.24) is 4.98 Å². The number of pyridine rings is 1. The van der Waals surface area contributed by atoms with E-state index in [0.717, 1.165) is 12.2 Å². The standard InChI is InChI=1S/C7H8NS/c9-5-3-7-2-1-4-8-6-7/h1-2,4,6H,3,5H2. The number of hydrogen-bond donors (Lipinski definition) is 0. The second-order valence-corrected chi connectivity index (χ2v) is 2.22. The van der Waals surface area contributed by atoms with Crippen LogP contribution in [-0.2, 0) is 6.42 Å². The first-order chi connectivity index (χ1) is 4.43. The molecule has 1 aromatic heterocycles. The molecule has 1 nitrogen and oxygen atoms in total. The molecule has 0 fully saturated rings. The quantitative estimate of drug-likeness (QED) is 0.607. The molecule has 0 spiro atoms. The maximum absolute atomic E-state index is 4.81. The van der Waals surface area contributed by atoms with E-state index in [1.165, 1.54) is 5.56 Å². The highest BCUT2D eigenvalue weighted by Gasteiger charge is 1.86. The summed E-state index contributed by atoms with van der Waals surface area (Å²) in [7, 11) is 0. The summed E-state index contributed by atoms with van der Waals surface area (Å²) >= 11 is 4.81. The van der Waals surface area contributed by atoms with Gasteiger partial charge in [0.2, 0.25) is 0 Å². The minimum atomic E-state index is 0.783. The van der Waals surface area contributed by atoms with Crippen molar-refractivity contribution in [2.24, 2.45) is 0 Å². The molecule has 1 radical (unpaired) electrons. The summed E-state index contributed by atoms with van der Waals surface area (Å²) in [5.41, 5.74) is 1.23. The van der Waals surface area contributed by atoms with Gasteiger partial charge in [0.1, 0.15) is 0 Å². The lowest BCUT2D eigenvalue weighted by molar-refractivity contribution is 1.12. The Morgan fingerprint density at radius 2 is 2.44 bits per heavy atom. The predicted octanol–water partition coefficient (Wildman–Crippen LogP) is 1.82. The van der Waals surface area contributed by atoms with Crippen LogP contribution in [0.1, 0.15) is 5.56 Å². The van der Waals surface area contributed by atoms with Crippen LogP contribution in [-0.4, -0.2) is 10.7 Å². The van der Waals surface area contributed by atoms with Crippen molar-refractivity contribution in [2.75, 3.05) is 5.75 Å². The van der Waals surface area contributed by atoms with Crippen LogP contribution in [0.5, 0.6) is 0 Å². The van der Waals surface area contributed by atoms with Crippen LogP contribution in [0.2, 0.25) is 0 Å². The zero-order valence-corrected chi connectivity index (χ0v) is 5.90. The largest absolute Gasteiger partial charge is 0.264 e. The van der Waals surface area contributed by atoms with Gasteiger partial charge in [-0.25, -0.2) is 0 Å². The molecule has 0 aromatic carbocycles. The summed E-state index contributed by atoms with van der Waals surface area (Å²) in [6.45, 7) is 0. The molecular formula is C7H8NS. The molecule has 2 heteroatoms. The van der Waals surface area contributed by atoms with Crippen LogP contribution in [0.3, 0.4) is 0 Å². The highest BCUT2D eigenvalue weighted by molar-refractivity contribution is 7.80. The van der Waals surface area contributed by atoms with Gasteiger partial charge in [0.25, 0.3) is 0 Å². The molecule has 1 heterocycles. The number of rotatable bonds is 2. The van der Waals surface area contributed by atoms with Crippen LogP contribution in [0.4, 0.5) is 0 Å². The van der Waals surface area contributed by atoms with Crippen LogP contribution < -0.4 is 0 Å². The van der Waals surface area contributed by atoms with E-state index in [4.69, 9.17) is 12.6 Å². The average molecular weight is 138 g/mol. The topological polar surface area (TPSA) is 12.9 Å². The lowest BCUT2D eigenvalue weighted by Gasteiger charge is -1.92. The van der Waals surface area contributed by atoms with E-state index in [-0.39, 0.29) is 0 Å². The van der Waals surface area contributed by atoms with Gasteiger partial charge in [0.05, 0.1) is 0 Å². The Bertz CT molecular complexity index is 162. The van der Waals surface area contributed by atoms with Crippen molar-refractivity contribution in [2.45, 2.75) is 6.42 Å². The van der Waals surface area contributed by atoms with Crippen molar-refractivity contribution >= 4 is 12.6 Å². The molecule has 9 heavy (non-hydrogen) atoms. The van der Waals surface area contributed by atoms with E-state index in [2.05, 4.69) is 4.98 Å². The van der Waals surface area contributed by atoms with E-state index < -0.39 is 0 Å². The third-order valence-electron chi connectivity index (χ3n) is 1.11. The Labute approximate surface area is 60.5 Å². The molecule has 0 N–H and O–H groups in total. The molecule has 0 bridgehead atoms. The zero-order valence-electron chi connectivity index (χ0n) is 5.08. The summed E-state index contributed by atoms with van der Waals surface area (Å²) in [5.74, 6) is 0.783. The van der Waals surface area contributed by atoms with Gasteiger partial charge in [-0.3, -0.25) is 4.98 Å². The van der Waals surface area contributed by atoms with Gasteiger partial charge in [0, 0.05) is 18.1 Å². The Morgan fingerprint density at radius 3 is 3.00 bits per heavy atom. The summed E-state index contributed by atoms with van der Waals surface area (Å²) in [5, 5.41) is 0. The SMILES string of the molecule is [S]CCc1cccnc1. The molecule has 0 unspecified atom stereocenters. The summed E-state index contributed by atoms with van der Waals surface area (Å²) in [6.07, 6.45) is 4.59. The molecule has 1 aromatic rings. The first kappa shape index (κ1) is 6.62. The molecule has 0 saturated heterocycles. The monoisotopic (exact) mass is 138 g/mol. The molecule has 47 valence electrons. The molecule has 0 atom stereocenters. The fraction of sp³-hybridized carbons (Fsp3) is 0.286. The number of aryl methyl sites for hydroxylation is 1. The third kappa shape index (κ3) is 2.06. The molecule has 0 amide bonds. The van der Waals surface area contributed by atoms with E-state index in [1.54, 1.807) is 6.20 Å². The molecule has 1 rings (SSSR count). The van der Waals surface area contributed by atoms with Gasteiger partial charge in [-0.15, -0.1) is 0 Å². The van der Waals surface area contributed by atoms with Gasteiger partial charge in [-0.1, -0.05) is 18.7 Å². The predicted molar refractivity (Wildman–Crippen MR) is 40.4 cm³/mol. The lowest BCUT2D eigenvalue weighted by Crippen LogP contribution is -1.84. The zero-order chi connectivity index (χ0) is 6.53. The second kappa shape index (κ2) is 3.51. The van der Waals surface area contributed by atoms with E-state index in [9.17, 15) is 0 Å². The lowest BCUT2D eigenvalue weighted by atomic mass is 10.2. The van der Waals surface area contributed by atoms with Crippen molar-refractivity contribution in [1.29, 1.82) is 0 Å². The summed E-state index contributed by atoms with van der Waals surface area (Å²) < 4.78 is 0. The van der Waals surface area contributed by atoms with Gasteiger partial charge in [-0.2, -0.15) is 0 Å². The Hall–Kier alpha value is -0.500. The molecule has 0 aliphatic carbocycles. The van der Waals surface area contributed by atoms with Gasteiger partial charge < -0.3 is 0 Å². The highest BCUT2D eigenvalue weighted by atomic mass is 32.1. The third-order valence-corrected chi connectivity index (χ3v) is 1.32. The fourth-order valence-electron chi connectivity index (χ4n) is 0.664. The van der Waals surface area contributed by atoms with Gasteiger partial charge in [-0.05, 0) is 18.1 Å². The van der Waals surface area contributed by atoms with Crippen molar-refractivity contribution in [3.8, 4) is 0 Å². The van der Waals surface area contributed by atoms with Crippen LogP contribution in [0.15, 0.2) is 24.5 Å². The Balaban J connectivity index is 2.61. The summed E-state index contributed by atoms with van der Waals surface area (Å²) in [6, 6.07) is 3.97. The smallest absolute Gasteiger partial charge is 0.0300 e. The summed E-state index contributed by atoms with van der Waals surface area (Å²) in [4.78, 5) is 3.96. The van der Waals surface area contributed by atoms with Crippen molar-refractivity contribution in [3.05, 3.63) is 30.1 Å². The van der Waals surface area contributed by atoms with E-state index in [0.29, 0.717) is 0 Å². The number of nitrogens with zero attached hydrogens (tertiary/aromatic N) is 1.